The predicted octanol–water partition coefficient (Wildman–Crippen LogP) is 2.82. The summed E-state index contributed by atoms with van der Waals surface area (Å²) < 4.78 is 41.2. The summed E-state index contributed by atoms with van der Waals surface area (Å²) in [5, 5.41) is 2.92. The van der Waals surface area contributed by atoms with Crippen molar-refractivity contribution in [3.8, 4) is 0 Å². The van der Waals surface area contributed by atoms with Crippen molar-refractivity contribution in [3.05, 3.63) is 24.2 Å². The van der Waals surface area contributed by atoms with Crippen LogP contribution in [0.4, 0.5) is 18.0 Å². The summed E-state index contributed by atoms with van der Waals surface area (Å²) in [6.07, 6.45) is -2.13. The fourth-order valence-corrected chi connectivity index (χ4v) is 3.38. The lowest BCUT2D eigenvalue weighted by molar-refractivity contribution is -0.147. The number of hydrogen-bond acceptors (Lipinski definition) is 4. The number of pyridine rings is 1. The van der Waals surface area contributed by atoms with Crippen molar-refractivity contribution in [3.63, 3.8) is 0 Å². The van der Waals surface area contributed by atoms with Gasteiger partial charge in [-0.25, -0.2) is 14.8 Å². The summed E-state index contributed by atoms with van der Waals surface area (Å²) in [6, 6.07) is 3.03. The van der Waals surface area contributed by atoms with Gasteiger partial charge in [0.15, 0.2) is 5.65 Å². The van der Waals surface area contributed by atoms with E-state index in [0.29, 0.717) is 45.2 Å². The second-order valence-corrected chi connectivity index (χ2v) is 7.67. The zero-order valence-corrected chi connectivity index (χ0v) is 16.7. The minimum Gasteiger partial charge on any atom is -0.338 e. The first-order valence-corrected chi connectivity index (χ1v) is 9.89. The molecule has 0 atom stereocenters. The van der Waals surface area contributed by atoms with Crippen LogP contribution in [-0.4, -0.2) is 69.6 Å². The van der Waals surface area contributed by atoms with Crippen LogP contribution < -0.4 is 5.32 Å². The molecule has 29 heavy (non-hydrogen) atoms. The predicted molar refractivity (Wildman–Crippen MR) is 103 cm³/mol. The van der Waals surface area contributed by atoms with Gasteiger partial charge < -0.3 is 14.8 Å². The Morgan fingerprint density at radius 3 is 2.59 bits per heavy atom. The Labute approximate surface area is 167 Å². The van der Waals surface area contributed by atoms with E-state index in [0.717, 1.165) is 11.0 Å². The first kappa shape index (κ1) is 21.4. The number of nitrogens with zero attached hydrogens (tertiary/aromatic N) is 5. The highest BCUT2D eigenvalue weighted by molar-refractivity contribution is 5.74. The van der Waals surface area contributed by atoms with E-state index in [2.05, 4.69) is 34.0 Å². The van der Waals surface area contributed by atoms with Gasteiger partial charge in [0.2, 0.25) is 5.82 Å². The van der Waals surface area contributed by atoms with E-state index in [9.17, 15) is 18.0 Å². The first-order valence-electron chi connectivity index (χ1n) is 9.89. The molecule has 0 radical (unpaired) electrons. The molecule has 2 aromatic rings. The Balaban J connectivity index is 1.55. The van der Waals surface area contributed by atoms with E-state index < -0.39 is 12.0 Å². The van der Waals surface area contributed by atoms with Crippen LogP contribution in [0.3, 0.4) is 0 Å². The third-order valence-corrected chi connectivity index (χ3v) is 5.05. The molecule has 0 aromatic carbocycles. The summed E-state index contributed by atoms with van der Waals surface area (Å²) in [7, 11) is 0. The molecule has 2 aromatic heterocycles. The summed E-state index contributed by atoms with van der Waals surface area (Å²) in [4.78, 5) is 23.8. The van der Waals surface area contributed by atoms with Gasteiger partial charge in [-0.3, -0.25) is 4.90 Å². The molecular formula is C19H27F3N6O. The number of urea groups is 1. The molecular weight excluding hydrogens is 385 g/mol. The number of aromatic nitrogens is 3. The Bertz CT molecular complexity index is 827. The molecule has 1 fully saturated rings. The van der Waals surface area contributed by atoms with Crippen LogP contribution in [0.2, 0.25) is 0 Å². The van der Waals surface area contributed by atoms with Crippen molar-refractivity contribution >= 4 is 17.2 Å². The topological polar surface area (TPSA) is 66.3 Å². The van der Waals surface area contributed by atoms with Gasteiger partial charge in [0.1, 0.15) is 5.52 Å². The molecule has 0 bridgehead atoms. The molecule has 0 aliphatic carbocycles. The van der Waals surface area contributed by atoms with E-state index in [1.54, 1.807) is 11.0 Å². The van der Waals surface area contributed by atoms with Gasteiger partial charge in [-0.05, 0) is 24.5 Å². The highest BCUT2D eigenvalue weighted by Gasteiger charge is 2.38. The van der Waals surface area contributed by atoms with Crippen LogP contribution >= 0.6 is 0 Å². The minimum absolute atomic E-state index is 0.0746. The van der Waals surface area contributed by atoms with Crippen LogP contribution in [0.15, 0.2) is 18.3 Å². The van der Waals surface area contributed by atoms with Gasteiger partial charge in [0, 0.05) is 52.0 Å². The van der Waals surface area contributed by atoms with Gasteiger partial charge in [-0.2, -0.15) is 13.2 Å². The summed E-state index contributed by atoms with van der Waals surface area (Å²) in [5.41, 5.74) is 0.478. The van der Waals surface area contributed by atoms with E-state index in [1.165, 1.54) is 12.3 Å². The Hall–Kier alpha value is -2.36. The van der Waals surface area contributed by atoms with Gasteiger partial charge >= 0.3 is 12.2 Å². The molecule has 1 N–H and O–H groups in total. The molecule has 10 heteroatoms. The highest BCUT2D eigenvalue weighted by atomic mass is 19.4. The second-order valence-electron chi connectivity index (χ2n) is 7.67. The van der Waals surface area contributed by atoms with Gasteiger partial charge in [-0.1, -0.05) is 13.8 Å². The van der Waals surface area contributed by atoms with Crippen molar-refractivity contribution in [2.45, 2.75) is 33.0 Å². The number of fused-ring (bicyclic) bond motifs is 1. The zero-order chi connectivity index (χ0) is 21.0. The zero-order valence-electron chi connectivity index (χ0n) is 16.7. The second kappa shape index (κ2) is 8.98. The molecule has 1 saturated heterocycles. The van der Waals surface area contributed by atoms with Crippen molar-refractivity contribution in [1.29, 1.82) is 0 Å². The Morgan fingerprint density at radius 1 is 1.21 bits per heavy atom. The normalized spacial score (nSPS) is 16.0. The minimum atomic E-state index is -4.53. The number of carbonyl (C=O) groups excluding carboxylic acids is 1. The number of alkyl halides is 3. The summed E-state index contributed by atoms with van der Waals surface area (Å²) in [5.74, 6) is -0.392. The third kappa shape index (κ3) is 5.37. The lowest BCUT2D eigenvalue weighted by atomic mass is 10.1. The number of halogens is 3. The molecule has 160 valence electrons. The third-order valence-electron chi connectivity index (χ3n) is 5.05. The quantitative estimate of drug-likeness (QED) is 0.793. The van der Waals surface area contributed by atoms with E-state index in [4.69, 9.17) is 0 Å². The number of nitrogens with one attached hydrogen (secondary N) is 1. The average Bonchev–Trinajstić information content (AvgIpc) is 3.05. The summed E-state index contributed by atoms with van der Waals surface area (Å²) in [6.45, 7) is 7.81. The van der Waals surface area contributed by atoms with Crippen molar-refractivity contribution in [1.82, 2.24) is 29.7 Å². The molecule has 0 saturated carbocycles. The van der Waals surface area contributed by atoms with Crippen molar-refractivity contribution in [2.24, 2.45) is 5.92 Å². The van der Waals surface area contributed by atoms with Crippen LogP contribution in [-0.2, 0) is 12.7 Å². The number of carbonyl (C=O) groups is 1. The lowest BCUT2D eigenvalue weighted by Gasteiger charge is -2.34. The average molecular weight is 412 g/mol. The van der Waals surface area contributed by atoms with Crippen LogP contribution in [0.1, 0.15) is 26.1 Å². The standard InChI is InChI=1S/C19H27F3N6O/c1-14(2)5-7-24-18(29)27-11-8-26(9-12-27)10-13-28-16-15(4-3-6-23-16)25-17(28)19(20,21)22/h3-4,6,14H,5,7-13H2,1-2H3,(H,24,29). The van der Waals surface area contributed by atoms with Crippen molar-refractivity contribution < 1.29 is 18.0 Å². The van der Waals surface area contributed by atoms with Crippen LogP contribution in [0.25, 0.3) is 11.2 Å². The van der Waals surface area contributed by atoms with Gasteiger partial charge in [0.05, 0.1) is 0 Å². The lowest BCUT2D eigenvalue weighted by Crippen LogP contribution is -2.52. The van der Waals surface area contributed by atoms with Gasteiger partial charge in [-0.15, -0.1) is 0 Å². The molecule has 0 unspecified atom stereocenters. The Kier molecular flexibility index (Phi) is 6.61. The molecule has 3 heterocycles. The maximum atomic E-state index is 13.4. The van der Waals surface area contributed by atoms with E-state index in [-0.39, 0.29) is 23.7 Å². The van der Waals surface area contributed by atoms with Crippen LogP contribution in [0, 0.1) is 5.92 Å². The number of hydrogen-bond donors (Lipinski definition) is 1. The molecule has 0 spiro atoms. The maximum Gasteiger partial charge on any atom is 0.449 e. The number of amides is 2. The number of rotatable bonds is 6. The number of imidazole rings is 1. The fourth-order valence-electron chi connectivity index (χ4n) is 3.38. The number of piperazine rings is 1. The van der Waals surface area contributed by atoms with Gasteiger partial charge in [0.25, 0.3) is 0 Å². The Morgan fingerprint density at radius 2 is 1.93 bits per heavy atom. The van der Waals surface area contributed by atoms with E-state index in [1.807, 2.05) is 0 Å². The van der Waals surface area contributed by atoms with E-state index >= 15 is 0 Å². The monoisotopic (exact) mass is 412 g/mol. The SMILES string of the molecule is CC(C)CCNC(=O)N1CCN(CCn2c(C(F)(F)F)nc3cccnc32)CC1. The smallest absolute Gasteiger partial charge is 0.338 e. The molecule has 1 aliphatic heterocycles. The molecule has 1 aliphatic rings. The molecule has 3 rings (SSSR count). The molecule has 7 nitrogen and oxygen atoms in total. The largest absolute Gasteiger partial charge is 0.449 e. The molecule has 2 amide bonds. The highest BCUT2D eigenvalue weighted by Crippen LogP contribution is 2.30. The maximum absolute atomic E-state index is 13.4. The summed E-state index contributed by atoms with van der Waals surface area (Å²) >= 11 is 0. The first-order chi connectivity index (χ1) is 13.8. The van der Waals surface area contributed by atoms with Crippen molar-refractivity contribution in [2.75, 3.05) is 39.3 Å². The fraction of sp³-hybridized carbons (Fsp3) is 0.632. The van der Waals surface area contributed by atoms with Crippen LogP contribution in [0.5, 0.6) is 0 Å².